The normalized spacial score (nSPS) is 13.5. The van der Waals surface area contributed by atoms with Crippen molar-refractivity contribution in [1.82, 2.24) is 9.97 Å². The number of benzene rings is 1. The summed E-state index contributed by atoms with van der Waals surface area (Å²) in [5, 5.41) is 22.0. The molecule has 32 heavy (non-hydrogen) atoms. The first-order valence-corrected chi connectivity index (χ1v) is 11.7. The Morgan fingerprint density at radius 2 is 2.00 bits per heavy atom. The molecule has 11 heteroatoms. The number of carbonyl (C=O) groups excluding carboxylic acids is 1. The Hall–Kier alpha value is -2.76. The molecule has 4 rings (SSSR count). The van der Waals surface area contributed by atoms with Crippen LogP contribution in [0.5, 0.6) is 5.75 Å². The van der Waals surface area contributed by atoms with Crippen LogP contribution in [0.1, 0.15) is 28.0 Å². The highest BCUT2D eigenvalue weighted by molar-refractivity contribution is 9.14. The maximum atomic E-state index is 12.6. The molecule has 164 valence electrons. The number of pyridine rings is 1. The second kappa shape index (κ2) is 9.00. The Kier molecular flexibility index (Phi) is 6.31. The number of hydrogen-bond donors (Lipinski definition) is 4. The van der Waals surface area contributed by atoms with Gasteiger partial charge in [-0.3, -0.25) is 14.9 Å². The van der Waals surface area contributed by atoms with Gasteiger partial charge in [-0.15, -0.1) is 0 Å². The summed E-state index contributed by atoms with van der Waals surface area (Å²) in [5.41, 5.74) is 2.07. The molecule has 0 unspecified atom stereocenters. The van der Waals surface area contributed by atoms with E-state index in [-0.39, 0.29) is 17.2 Å². The molecule has 2 heterocycles. The number of amides is 1. The number of carbonyl (C=O) groups is 2. The van der Waals surface area contributed by atoms with Crippen LogP contribution in [-0.4, -0.2) is 32.1 Å². The lowest BCUT2D eigenvalue weighted by Crippen LogP contribution is -2.13. The van der Waals surface area contributed by atoms with Gasteiger partial charge in [0.1, 0.15) is 0 Å². The number of halogens is 2. The second-order valence-corrected chi connectivity index (χ2v) is 9.91. The van der Waals surface area contributed by atoms with Crippen LogP contribution in [0.25, 0.3) is 10.2 Å². The van der Waals surface area contributed by atoms with Crippen molar-refractivity contribution < 1.29 is 19.8 Å². The van der Waals surface area contributed by atoms with E-state index in [1.807, 2.05) is 0 Å². The molecular weight excluding hydrogens is 566 g/mol. The number of allylic oxidation sites excluding steroid dienone is 3. The summed E-state index contributed by atoms with van der Waals surface area (Å²) in [7, 11) is 0. The van der Waals surface area contributed by atoms with E-state index < -0.39 is 11.4 Å². The number of H-pyrrole nitrogens is 1. The van der Waals surface area contributed by atoms with Gasteiger partial charge < -0.3 is 15.2 Å². The van der Waals surface area contributed by atoms with E-state index in [2.05, 4.69) is 47.1 Å². The summed E-state index contributed by atoms with van der Waals surface area (Å²) in [5.74, 6) is -1.71. The van der Waals surface area contributed by atoms with Gasteiger partial charge in [0.2, 0.25) is 5.43 Å². The minimum Gasteiger partial charge on any atom is -0.503 e. The molecule has 8 nitrogen and oxygen atoms in total. The van der Waals surface area contributed by atoms with E-state index in [1.54, 1.807) is 12.1 Å². The molecule has 0 spiro atoms. The number of anilines is 1. The number of aromatic nitrogens is 2. The number of fused-ring (bicyclic) bond motifs is 1. The van der Waals surface area contributed by atoms with Crippen molar-refractivity contribution in [3.05, 3.63) is 72.1 Å². The third kappa shape index (κ3) is 4.69. The standard InChI is InChI=1S/C21H15Br2N3O5S/c22-13-4-10(5-14(13)23)19(29)26-21-25-18-9(3-11(20(30)31)6-17(18)32-21)1-2-12-7-15(27)16(28)8-24-12/h3-4,6-8,28H,1-2,5H2,(H,24,27)(H,30,31)(H,25,26,29). The average molecular weight is 581 g/mol. The lowest BCUT2D eigenvalue weighted by molar-refractivity contribution is -0.112. The topological polar surface area (TPSA) is 132 Å². The molecule has 2 aromatic heterocycles. The fourth-order valence-electron chi connectivity index (χ4n) is 3.24. The first-order valence-electron chi connectivity index (χ1n) is 9.34. The maximum absolute atomic E-state index is 12.6. The molecule has 1 aromatic carbocycles. The summed E-state index contributed by atoms with van der Waals surface area (Å²) >= 11 is 7.97. The molecule has 0 saturated heterocycles. The molecule has 0 fully saturated rings. The molecule has 4 N–H and O–H groups in total. The summed E-state index contributed by atoms with van der Waals surface area (Å²) < 4.78 is 2.33. The van der Waals surface area contributed by atoms with Gasteiger partial charge in [0, 0.05) is 38.9 Å². The number of nitrogens with zero attached hydrogens (tertiary/aromatic N) is 1. The molecule has 0 radical (unpaired) electrons. The summed E-state index contributed by atoms with van der Waals surface area (Å²) in [6.45, 7) is 0. The highest BCUT2D eigenvalue weighted by Crippen LogP contribution is 2.35. The van der Waals surface area contributed by atoms with E-state index in [4.69, 9.17) is 0 Å². The highest BCUT2D eigenvalue weighted by atomic mass is 79.9. The monoisotopic (exact) mass is 579 g/mol. The predicted molar refractivity (Wildman–Crippen MR) is 129 cm³/mol. The third-order valence-electron chi connectivity index (χ3n) is 4.85. The van der Waals surface area contributed by atoms with E-state index in [0.29, 0.717) is 51.4 Å². The fraction of sp³-hybridized carbons (Fsp3) is 0.143. The van der Waals surface area contributed by atoms with Crippen molar-refractivity contribution >= 4 is 70.4 Å². The van der Waals surface area contributed by atoms with Crippen molar-refractivity contribution in [2.75, 3.05) is 5.32 Å². The fourth-order valence-corrected chi connectivity index (χ4v) is 5.02. The zero-order chi connectivity index (χ0) is 23.0. The lowest BCUT2D eigenvalue weighted by atomic mass is 10.0. The number of hydrogen-bond acceptors (Lipinski definition) is 6. The van der Waals surface area contributed by atoms with Crippen LogP contribution in [0.4, 0.5) is 5.13 Å². The van der Waals surface area contributed by atoms with Gasteiger partial charge in [-0.2, -0.15) is 0 Å². The smallest absolute Gasteiger partial charge is 0.335 e. The SMILES string of the molecule is O=C(Nc1nc2c(CCc3cc(=O)c(O)c[nH]3)cc(C(=O)O)cc2s1)C1=CC(Br)=C(Br)C1. The molecule has 1 aliphatic rings. The van der Waals surface area contributed by atoms with Crippen molar-refractivity contribution in [1.29, 1.82) is 0 Å². The Morgan fingerprint density at radius 3 is 2.66 bits per heavy atom. The van der Waals surface area contributed by atoms with Crippen LogP contribution in [-0.2, 0) is 17.6 Å². The predicted octanol–water partition coefficient (Wildman–Crippen LogP) is 4.44. The molecule has 0 atom stereocenters. The molecular formula is C21H15Br2N3O5S. The first-order chi connectivity index (χ1) is 15.2. The largest absolute Gasteiger partial charge is 0.503 e. The van der Waals surface area contributed by atoms with Crippen molar-refractivity contribution in [2.45, 2.75) is 19.3 Å². The number of carboxylic acid groups (broad SMARTS) is 1. The van der Waals surface area contributed by atoms with Crippen molar-refractivity contribution in [2.24, 2.45) is 0 Å². The molecule has 1 amide bonds. The molecule has 3 aromatic rings. The quantitative estimate of drug-likeness (QED) is 0.341. The molecule has 0 bridgehead atoms. The third-order valence-corrected chi connectivity index (χ3v) is 7.72. The van der Waals surface area contributed by atoms with E-state index in [9.17, 15) is 24.6 Å². The van der Waals surface area contributed by atoms with Crippen LogP contribution in [0, 0.1) is 0 Å². The number of aromatic amines is 1. The van der Waals surface area contributed by atoms with Gasteiger partial charge >= 0.3 is 5.97 Å². The van der Waals surface area contributed by atoms with Crippen LogP contribution in [0.15, 0.2) is 49.8 Å². The maximum Gasteiger partial charge on any atom is 0.335 e. The van der Waals surface area contributed by atoms with Gasteiger partial charge in [0.25, 0.3) is 5.91 Å². The van der Waals surface area contributed by atoms with Crippen LogP contribution >= 0.6 is 43.2 Å². The lowest BCUT2D eigenvalue weighted by Gasteiger charge is -2.05. The Bertz CT molecular complexity index is 1390. The number of nitrogens with one attached hydrogen (secondary N) is 2. The van der Waals surface area contributed by atoms with Crippen LogP contribution in [0.2, 0.25) is 0 Å². The first kappa shape index (κ1) is 22.4. The van der Waals surface area contributed by atoms with E-state index in [0.717, 1.165) is 8.96 Å². The van der Waals surface area contributed by atoms with Gasteiger partial charge in [-0.05, 0) is 52.5 Å². The highest BCUT2D eigenvalue weighted by Gasteiger charge is 2.20. The minimum atomic E-state index is -1.07. The van der Waals surface area contributed by atoms with Gasteiger partial charge in [0.15, 0.2) is 10.9 Å². The number of aromatic carboxylic acids is 1. The van der Waals surface area contributed by atoms with Crippen molar-refractivity contribution in [3.8, 4) is 5.75 Å². The number of aromatic hydroxyl groups is 1. The van der Waals surface area contributed by atoms with Gasteiger partial charge in [0.05, 0.1) is 15.8 Å². The van der Waals surface area contributed by atoms with Gasteiger partial charge in [-0.25, -0.2) is 9.78 Å². The Labute approximate surface area is 202 Å². The van der Waals surface area contributed by atoms with Crippen LogP contribution in [0.3, 0.4) is 0 Å². The van der Waals surface area contributed by atoms with Crippen molar-refractivity contribution in [3.63, 3.8) is 0 Å². The number of thiazole rings is 1. The average Bonchev–Trinajstić information content (AvgIpc) is 3.30. The zero-order valence-electron chi connectivity index (χ0n) is 16.2. The Balaban J connectivity index is 1.61. The molecule has 0 saturated carbocycles. The molecule has 1 aliphatic carbocycles. The van der Waals surface area contributed by atoms with Gasteiger partial charge in [-0.1, -0.05) is 27.3 Å². The number of rotatable bonds is 6. The van der Waals surface area contributed by atoms with Crippen LogP contribution < -0.4 is 10.7 Å². The summed E-state index contributed by atoms with van der Waals surface area (Å²) in [6, 6.07) is 4.38. The number of aryl methyl sites for hydroxylation is 2. The number of carboxylic acids is 1. The summed E-state index contributed by atoms with van der Waals surface area (Å²) in [6.07, 6.45) is 4.24. The van der Waals surface area contributed by atoms with E-state index in [1.165, 1.54) is 29.7 Å². The summed E-state index contributed by atoms with van der Waals surface area (Å²) in [4.78, 5) is 43.2. The van der Waals surface area contributed by atoms with E-state index >= 15 is 0 Å². The zero-order valence-corrected chi connectivity index (χ0v) is 20.2. The second-order valence-electron chi connectivity index (χ2n) is 7.07. The molecule has 0 aliphatic heterocycles. The minimum absolute atomic E-state index is 0.115. The Morgan fingerprint density at radius 1 is 1.22 bits per heavy atom.